The first-order valence-corrected chi connectivity index (χ1v) is 4.10. The Morgan fingerprint density at radius 1 is 1.43 bits per heavy atom. The summed E-state index contributed by atoms with van der Waals surface area (Å²) in [5.74, 6) is -0.831. The molecule has 4 heteroatoms. The van der Waals surface area contributed by atoms with Crippen LogP contribution in [0.1, 0.15) is 16.1 Å². The molecular formula is C10H8FNO2. The number of hydrogen-bond donors (Lipinski definition) is 1. The van der Waals surface area contributed by atoms with E-state index < -0.39 is 12.6 Å². The average Bonchev–Trinajstić information content (AvgIpc) is 2.56. The van der Waals surface area contributed by atoms with E-state index in [4.69, 9.17) is 10.2 Å². The van der Waals surface area contributed by atoms with Crippen LogP contribution >= 0.6 is 0 Å². The molecule has 0 saturated carbocycles. The Hall–Kier alpha value is -1.84. The maximum Gasteiger partial charge on any atom is 0.284 e. The number of alkyl halides is 1. The Kier molecular flexibility index (Phi) is 1.96. The third kappa shape index (κ3) is 1.16. The summed E-state index contributed by atoms with van der Waals surface area (Å²) < 4.78 is 17.8. The number of rotatable bonds is 2. The first kappa shape index (κ1) is 8.74. The van der Waals surface area contributed by atoms with Gasteiger partial charge in [-0.05, 0) is 6.07 Å². The van der Waals surface area contributed by atoms with Crippen molar-refractivity contribution < 1.29 is 13.6 Å². The van der Waals surface area contributed by atoms with E-state index in [0.29, 0.717) is 11.0 Å². The minimum Gasteiger partial charge on any atom is -0.451 e. The molecule has 2 rings (SSSR count). The zero-order valence-corrected chi connectivity index (χ0v) is 7.29. The normalized spacial score (nSPS) is 10.6. The van der Waals surface area contributed by atoms with Crippen molar-refractivity contribution in [3.63, 3.8) is 0 Å². The number of carbonyl (C=O) groups excluding carboxylic acids is 1. The maximum atomic E-state index is 12.6. The highest BCUT2D eigenvalue weighted by Crippen LogP contribution is 2.26. The third-order valence-electron chi connectivity index (χ3n) is 2.06. The van der Waals surface area contributed by atoms with Crippen LogP contribution in [0.15, 0.2) is 28.7 Å². The molecule has 72 valence electrons. The molecule has 2 N–H and O–H groups in total. The topological polar surface area (TPSA) is 56.2 Å². The smallest absolute Gasteiger partial charge is 0.284 e. The molecule has 0 atom stereocenters. The number of carbonyl (C=O) groups is 1. The van der Waals surface area contributed by atoms with Crippen LogP contribution in [0, 0.1) is 0 Å². The van der Waals surface area contributed by atoms with Crippen molar-refractivity contribution in [2.24, 2.45) is 5.73 Å². The van der Waals surface area contributed by atoms with E-state index in [-0.39, 0.29) is 11.3 Å². The number of hydrogen-bond acceptors (Lipinski definition) is 2. The van der Waals surface area contributed by atoms with Gasteiger partial charge in [0.15, 0.2) is 5.76 Å². The second-order valence-corrected chi connectivity index (χ2v) is 2.90. The van der Waals surface area contributed by atoms with Gasteiger partial charge in [-0.15, -0.1) is 0 Å². The molecule has 0 unspecified atom stereocenters. The lowest BCUT2D eigenvalue weighted by atomic mass is 10.1. The van der Waals surface area contributed by atoms with Gasteiger partial charge >= 0.3 is 0 Å². The first-order valence-electron chi connectivity index (χ1n) is 4.10. The molecule has 0 saturated heterocycles. The molecule has 2 aromatic rings. The lowest BCUT2D eigenvalue weighted by Gasteiger charge is -1.91. The number of halogens is 1. The van der Waals surface area contributed by atoms with E-state index in [1.807, 2.05) is 0 Å². The van der Waals surface area contributed by atoms with E-state index in [1.165, 1.54) is 0 Å². The van der Waals surface area contributed by atoms with Crippen molar-refractivity contribution in [1.29, 1.82) is 0 Å². The molecule has 0 aliphatic carbocycles. The van der Waals surface area contributed by atoms with Gasteiger partial charge in [0, 0.05) is 10.9 Å². The van der Waals surface area contributed by atoms with E-state index in [0.717, 1.165) is 0 Å². The molecule has 14 heavy (non-hydrogen) atoms. The van der Waals surface area contributed by atoms with Crippen LogP contribution in [0.5, 0.6) is 0 Å². The SMILES string of the molecule is NC(=O)c1oc2ccccc2c1CF. The minimum atomic E-state index is -0.755. The Morgan fingerprint density at radius 3 is 2.79 bits per heavy atom. The largest absolute Gasteiger partial charge is 0.451 e. The molecule has 0 aliphatic rings. The monoisotopic (exact) mass is 193 g/mol. The number of nitrogens with two attached hydrogens (primary N) is 1. The maximum absolute atomic E-state index is 12.6. The average molecular weight is 193 g/mol. The highest BCUT2D eigenvalue weighted by molar-refractivity contribution is 5.98. The Bertz CT molecular complexity index is 490. The molecule has 0 bridgehead atoms. The predicted octanol–water partition coefficient (Wildman–Crippen LogP) is 2.00. The number of benzene rings is 1. The van der Waals surface area contributed by atoms with Crippen LogP contribution in [-0.4, -0.2) is 5.91 Å². The molecule has 1 aromatic carbocycles. The zero-order valence-electron chi connectivity index (χ0n) is 7.29. The number of para-hydroxylation sites is 1. The second-order valence-electron chi connectivity index (χ2n) is 2.90. The summed E-state index contributed by atoms with van der Waals surface area (Å²) in [7, 11) is 0. The van der Waals surface area contributed by atoms with Gasteiger partial charge in [0.25, 0.3) is 5.91 Å². The summed E-state index contributed by atoms with van der Waals surface area (Å²) in [4.78, 5) is 10.9. The van der Waals surface area contributed by atoms with Crippen molar-refractivity contribution >= 4 is 16.9 Å². The number of amides is 1. The fourth-order valence-electron chi connectivity index (χ4n) is 1.43. The van der Waals surface area contributed by atoms with Crippen LogP contribution in [0.25, 0.3) is 11.0 Å². The highest BCUT2D eigenvalue weighted by Gasteiger charge is 2.17. The fourth-order valence-corrected chi connectivity index (χ4v) is 1.43. The van der Waals surface area contributed by atoms with Crippen molar-refractivity contribution in [2.75, 3.05) is 0 Å². The molecule has 0 aliphatic heterocycles. The summed E-state index contributed by atoms with van der Waals surface area (Å²) in [6, 6.07) is 6.86. The van der Waals surface area contributed by atoms with Crippen molar-refractivity contribution in [3.05, 3.63) is 35.6 Å². The van der Waals surface area contributed by atoms with Crippen LogP contribution in [-0.2, 0) is 6.67 Å². The molecule has 0 radical (unpaired) electrons. The summed E-state index contributed by atoms with van der Waals surface area (Å²) >= 11 is 0. The number of fused-ring (bicyclic) bond motifs is 1. The van der Waals surface area contributed by atoms with Crippen molar-refractivity contribution in [3.8, 4) is 0 Å². The van der Waals surface area contributed by atoms with Gasteiger partial charge in [-0.1, -0.05) is 18.2 Å². The van der Waals surface area contributed by atoms with E-state index in [2.05, 4.69) is 0 Å². The summed E-state index contributed by atoms with van der Waals surface area (Å²) in [6.07, 6.45) is 0. The molecule has 3 nitrogen and oxygen atoms in total. The van der Waals surface area contributed by atoms with Gasteiger partial charge in [0.1, 0.15) is 12.3 Å². The zero-order chi connectivity index (χ0) is 10.1. The van der Waals surface area contributed by atoms with E-state index in [1.54, 1.807) is 24.3 Å². The molecule has 1 heterocycles. The number of primary amides is 1. The van der Waals surface area contributed by atoms with Gasteiger partial charge in [-0.3, -0.25) is 4.79 Å². The first-order chi connectivity index (χ1) is 6.74. The van der Waals surface area contributed by atoms with E-state index >= 15 is 0 Å². The third-order valence-corrected chi connectivity index (χ3v) is 2.06. The van der Waals surface area contributed by atoms with Gasteiger partial charge in [0.2, 0.25) is 0 Å². The van der Waals surface area contributed by atoms with Crippen LogP contribution in [0.4, 0.5) is 4.39 Å². The molecule has 1 aromatic heterocycles. The Balaban J connectivity index is 2.78. The fraction of sp³-hybridized carbons (Fsp3) is 0.100. The molecule has 0 fully saturated rings. The predicted molar refractivity (Wildman–Crippen MR) is 49.5 cm³/mol. The quantitative estimate of drug-likeness (QED) is 0.792. The standard InChI is InChI=1S/C10H8FNO2/c11-5-7-6-3-1-2-4-8(6)14-9(7)10(12)13/h1-4H,5H2,(H2,12,13). The van der Waals surface area contributed by atoms with Gasteiger partial charge in [0.05, 0.1) is 0 Å². The molecule has 0 spiro atoms. The van der Waals surface area contributed by atoms with Crippen LogP contribution in [0.3, 0.4) is 0 Å². The van der Waals surface area contributed by atoms with Crippen molar-refractivity contribution in [1.82, 2.24) is 0 Å². The summed E-state index contributed by atoms with van der Waals surface area (Å²) in [5.41, 5.74) is 5.76. The van der Waals surface area contributed by atoms with Crippen LogP contribution in [0.2, 0.25) is 0 Å². The molecule has 1 amide bonds. The molecular weight excluding hydrogens is 185 g/mol. The number of furan rings is 1. The van der Waals surface area contributed by atoms with E-state index in [9.17, 15) is 9.18 Å². The highest BCUT2D eigenvalue weighted by atomic mass is 19.1. The van der Waals surface area contributed by atoms with Gasteiger partial charge in [-0.25, -0.2) is 4.39 Å². The minimum absolute atomic E-state index is 0.0892. The summed E-state index contributed by atoms with van der Waals surface area (Å²) in [5, 5.41) is 0.601. The lowest BCUT2D eigenvalue weighted by molar-refractivity contribution is 0.0973. The Labute approximate surface area is 79.3 Å². The lowest BCUT2D eigenvalue weighted by Crippen LogP contribution is -2.11. The van der Waals surface area contributed by atoms with Crippen LogP contribution < -0.4 is 5.73 Å². The summed E-state index contributed by atoms with van der Waals surface area (Å²) in [6.45, 7) is -0.755. The van der Waals surface area contributed by atoms with Gasteiger partial charge in [-0.2, -0.15) is 0 Å². The second kappa shape index (κ2) is 3.14. The van der Waals surface area contributed by atoms with Gasteiger partial charge < -0.3 is 10.2 Å². The van der Waals surface area contributed by atoms with Crippen molar-refractivity contribution in [2.45, 2.75) is 6.67 Å². The Morgan fingerprint density at radius 2 is 2.14 bits per heavy atom.